The molecule has 1 fully saturated rings. The highest BCUT2D eigenvalue weighted by Crippen LogP contribution is 2.24. The summed E-state index contributed by atoms with van der Waals surface area (Å²) in [6.07, 6.45) is 0. The number of nitrogens with zero attached hydrogens (tertiary/aromatic N) is 1. The summed E-state index contributed by atoms with van der Waals surface area (Å²) in [5.74, 6) is 0.958. The van der Waals surface area contributed by atoms with Crippen molar-refractivity contribution in [3.63, 3.8) is 0 Å². The Morgan fingerprint density at radius 1 is 1.37 bits per heavy atom. The van der Waals surface area contributed by atoms with E-state index < -0.39 is 0 Å². The third-order valence-corrected chi connectivity index (χ3v) is 3.73. The van der Waals surface area contributed by atoms with Gasteiger partial charge in [0.25, 0.3) is 5.91 Å². The molecule has 1 aliphatic rings. The highest BCUT2D eigenvalue weighted by atomic mass is 16.5. The first-order chi connectivity index (χ1) is 9.04. The lowest BCUT2D eigenvalue weighted by Crippen LogP contribution is -2.52. The zero-order chi connectivity index (χ0) is 14.0. The van der Waals surface area contributed by atoms with Crippen molar-refractivity contribution in [2.45, 2.75) is 26.8 Å². The summed E-state index contributed by atoms with van der Waals surface area (Å²) in [6, 6.07) is 4.11. The average Bonchev–Trinajstić information content (AvgIpc) is 2.40. The van der Waals surface area contributed by atoms with Gasteiger partial charge in [0.05, 0.1) is 7.11 Å². The highest BCUT2D eigenvalue weighted by Gasteiger charge is 2.25. The second kappa shape index (κ2) is 5.61. The number of carbonyl (C=O) groups is 1. The van der Waals surface area contributed by atoms with Crippen molar-refractivity contribution in [1.82, 2.24) is 10.2 Å². The van der Waals surface area contributed by atoms with Crippen LogP contribution in [0.5, 0.6) is 5.75 Å². The van der Waals surface area contributed by atoms with Crippen molar-refractivity contribution >= 4 is 5.91 Å². The monoisotopic (exact) mass is 262 g/mol. The molecule has 0 bridgehead atoms. The topological polar surface area (TPSA) is 41.6 Å². The molecule has 0 radical (unpaired) electrons. The van der Waals surface area contributed by atoms with Gasteiger partial charge >= 0.3 is 0 Å². The molecule has 0 spiro atoms. The number of nitrogens with one attached hydrogen (secondary N) is 1. The van der Waals surface area contributed by atoms with E-state index >= 15 is 0 Å². The molecule has 0 aromatic heterocycles. The van der Waals surface area contributed by atoms with Crippen LogP contribution >= 0.6 is 0 Å². The van der Waals surface area contributed by atoms with E-state index in [0.29, 0.717) is 0 Å². The SMILES string of the molecule is COc1cc(C)c(C(=O)N2CCNCC2C)cc1C. The number of carbonyl (C=O) groups excluding carboxylic acids is 1. The van der Waals surface area contributed by atoms with E-state index in [0.717, 1.165) is 42.1 Å². The molecule has 1 saturated heterocycles. The molecule has 1 heterocycles. The minimum Gasteiger partial charge on any atom is -0.496 e. The molecule has 4 nitrogen and oxygen atoms in total. The molecule has 2 rings (SSSR count). The zero-order valence-electron chi connectivity index (χ0n) is 12.1. The molecule has 1 aromatic carbocycles. The van der Waals surface area contributed by atoms with Crippen LogP contribution in [0.3, 0.4) is 0 Å². The van der Waals surface area contributed by atoms with Gasteiger partial charge in [-0.25, -0.2) is 0 Å². The van der Waals surface area contributed by atoms with E-state index in [4.69, 9.17) is 4.74 Å². The van der Waals surface area contributed by atoms with Crippen molar-refractivity contribution in [3.05, 3.63) is 28.8 Å². The van der Waals surface area contributed by atoms with E-state index in [2.05, 4.69) is 12.2 Å². The van der Waals surface area contributed by atoms with Gasteiger partial charge in [0.2, 0.25) is 0 Å². The Bertz CT molecular complexity index is 485. The fraction of sp³-hybridized carbons (Fsp3) is 0.533. The molecular weight excluding hydrogens is 240 g/mol. The van der Waals surface area contributed by atoms with Crippen LogP contribution in [0, 0.1) is 13.8 Å². The lowest BCUT2D eigenvalue weighted by atomic mass is 10.0. The van der Waals surface area contributed by atoms with Crippen LogP contribution in [-0.2, 0) is 0 Å². The Hall–Kier alpha value is -1.55. The number of piperazine rings is 1. The summed E-state index contributed by atoms with van der Waals surface area (Å²) in [4.78, 5) is 14.6. The van der Waals surface area contributed by atoms with Gasteiger partial charge in [0.15, 0.2) is 0 Å². The number of methoxy groups -OCH3 is 1. The maximum atomic E-state index is 12.6. The molecular formula is C15H22N2O2. The van der Waals surface area contributed by atoms with Gasteiger partial charge in [-0.2, -0.15) is 0 Å². The van der Waals surface area contributed by atoms with Gasteiger partial charge in [0.1, 0.15) is 5.75 Å². The number of hydrogen-bond acceptors (Lipinski definition) is 3. The average molecular weight is 262 g/mol. The summed E-state index contributed by atoms with van der Waals surface area (Å²) in [5, 5.41) is 3.30. The van der Waals surface area contributed by atoms with Crippen molar-refractivity contribution in [2.75, 3.05) is 26.7 Å². The van der Waals surface area contributed by atoms with Crippen LogP contribution in [0.4, 0.5) is 0 Å². The van der Waals surface area contributed by atoms with E-state index in [1.807, 2.05) is 30.9 Å². The van der Waals surface area contributed by atoms with E-state index in [-0.39, 0.29) is 11.9 Å². The summed E-state index contributed by atoms with van der Waals surface area (Å²) < 4.78 is 5.29. The number of hydrogen-bond donors (Lipinski definition) is 1. The molecule has 1 atom stereocenters. The third-order valence-electron chi connectivity index (χ3n) is 3.73. The molecule has 19 heavy (non-hydrogen) atoms. The Labute approximate surface area is 114 Å². The second-order valence-electron chi connectivity index (χ2n) is 5.19. The molecule has 1 unspecified atom stereocenters. The van der Waals surface area contributed by atoms with Crippen LogP contribution in [0.15, 0.2) is 12.1 Å². The number of benzene rings is 1. The minimum atomic E-state index is 0.122. The second-order valence-corrected chi connectivity index (χ2v) is 5.19. The number of rotatable bonds is 2. The fourth-order valence-electron chi connectivity index (χ4n) is 2.54. The lowest BCUT2D eigenvalue weighted by molar-refractivity contribution is 0.0655. The van der Waals surface area contributed by atoms with E-state index in [1.165, 1.54) is 0 Å². The molecule has 4 heteroatoms. The van der Waals surface area contributed by atoms with Gasteiger partial charge in [-0.3, -0.25) is 4.79 Å². The first kappa shape index (κ1) is 13.9. The Morgan fingerprint density at radius 2 is 2.11 bits per heavy atom. The summed E-state index contributed by atoms with van der Waals surface area (Å²) >= 11 is 0. The molecule has 104 valence electrons. The summed E-state index contributed by atoms with van der Waals surface area (Å²) in [7, 11) is 1.65. The Balaban J connectivity index is 2.30. The van der Waals surface area contributed by atoms with Crippen molar-refractivity contribution in [2.24, 2.45) is 0 Å². The first-order valence-corrected chi connectivity index (χ1v) is 6.71. The standard InChI is InChI=1S/C15H22N2O2/c1-10-8-14(19-4)11(2)7-13(10)15(18)17-6-5-16-9-12(17)3/h7-8,12,16H,5-6,9H2,1-4H3. The number of ether oxygens (including phenoxy) is 1. The Kier molecular flexibility index (Phi) is 4.10. The van der Waals surface area contributed by atoms with Crippen LogP contribution in [0.1, 0.15) is 28.4 Å². The largest absolute Gasteiger partial charge is 0.496 e. The number of aryl methyl sites for hydroxylation is 2. The first-order valence-electron chi connectivity index (χ1n) is 6.71. The van der Waals surface area contributed by atoms with Gasteiger partial charge < -0.3 is 15.0 Å². The van der Waals surface area contributed by atoms with Crippen LogP contribution in [0.2, 0.25) is 0 Å². The van der Waals surface area contributed by atoms with E-state index in [9.17, 15) is 4.79 Å². The van der Waals surface area contributed by atoms with Crippen LogP contribution < -0.4 is 10.1 Å². The third kappa shape index (κ3) is 2.73. The maximum Gasteiger partial charge on any atom is 0.254 e. The van der Waals surface area contributed by atoms with Gasteiger partial charge in [-0.1, -0.05) is 0 Å². The highest BCUT2D eigenvalue weighted by molar-refractivity contribution is 5.96. The maximum absolute atomic E-state index is 12.6. The molecule has 1 aliphatic heterocycles. The van der Waals surface area contributed by atoms with E-state index in [1.54, 1.807) is 7.11 Å². The quantitative estimate of drug-likeness (QED) is 0.883. The zero-order valence-corrected chi connectivity index (χ0v) is 12.1. The minimum absolute atomic E-state index is 0.122. The molecule has 1 N–H and O–H groups in total. The smallest absolute Gasteiger partial charge is 0.254 e. The molecule has 0 saturated carbocycles. The summed E-state index contributed by atoms with van der Waals surface area (Å²) in [6.45, 7) is 8.50. The van der Waals surface area contributed by atoms with Gasteiger partial charge in [0, 0.05) is 31.2 Å². The lowest BCUT2D eigenvalue weighted by Gasteiger charge is -2.34. The number of amides is 1. The predicted octanol–water partition coefficient (Wildman–Crippen LogP) is 1.75. The molecule has 1 aromatic rings. The molecule has 1 amide bonds. The van der Waals surface area contributed by atoms with Gasteiger partial charge in [-0.15, -0.1) is 0 Å². The Morgan fingerprint density at radius 3 is 2.74 bits per heavy atom. The molecule has 0 aliphatic carbocycles. The van der Waals surface area contributed by atoms with Crippen molar-refractivity contribution in [1.29, 1.82) is 0 Å². The van der Waals surface area contributed by atoms with Crippen molar-refractivity contribution < 1.29 is 9.53 Å². The van der Waals surface area contributed by atoms with Crippen molar-refractivity contribution in [3.8, 4) is 5.75 Å². The fourth-order valence-corrected chi connectivity index (χ4v) is 2.54. The van der Waals surface area contributed by atoms with Gasteiger partial charge in [-0.05, 0) is 44.0 Å². The predicted molar refractivity (Wildman–Crippen MR) is 75.8 cm³/mol. The summed E-state index contributed by atoms with van der Waals surface area (Å²) in [5.41, 5.74) is 2.75. The normalized spacial score (nSPS) is 19.4. The van der Waals surface area contributed by atoms with Crippen LogP contribution in [-0.4, -0.2) is 43.6 Å². The van der Waals surface area contributed by atoms with Crippen LogP contribution in [0.25, 0.3) is 0 Å².